The van der Waals surface area contributed by atoms with E-state index >= 15 is 0 Å². The lowest BCUT2D eigenvalue weighted by Gasteiger charge is -2.30. The Morgan fingerprint density at radius 3 is 2.57 bits per heavy atom. The molecule has 2 atom stereocenters. The summed E-state index contributed by atoms with van der Waals surface area (Å²) >= 11 is 0. The van der Waals surface area contributed by atoms with Crippen molar-refractivity contribution in [2.24, 2.45) is 0 Å². The van der Waals surface area contributed by atoms with Crippen LogP contribution in [0, 0.1) is 0 Å². The molecule has 1 N–H and O–H groups in total. The van der Waals surface area contributed by atoms with Crippen molar-refractivity contribution in [2.45, 2.75) is 31.1 Å². The third kappa shape index (κ3) is 3.63. The quantitative estimate of drug-likeness (QED) is 0.857. The maximum atomic E-state index is 12.0. The summed E-state index contributed by atoms with van der Waals surface area (Å²) in [6, 6.07) is 7.13. The molecular formula is C15H21NO4S. The summed E-state index contributed by atoms with van der Waals surface area (Å²) in [6.07, 6.45) is 1.24. The second kappa shape index (κ2) is 6.58. The molecule has 5 nitrogen and oxygen atoms in total. The van der Waals surface area contributed by atoms with Gasteiger partial charge < -0.3 is 10.1 Å². The van der Waals surface area contributed by atoms with E-state index in [2.05, 4.69) is 10.1 Å². The van der Waals surface area contributed by atoms with Crippen LogP contribution in [0.2, 0.25) is 0 Å². The third-order valence-corrected chi connectivity index (χ3v) is 6.25. The number of nitrogens with one attached hydrogen (secondary N) is 1. The van der Waals surface area contributed by atoms with Gasteiger partial charge in [-0.2, -0.15) is 0 Å². The van der Waals surface area contributed by atoms with E-state index in [4.69, 9.17) is 0 Å². The zero-order valence-corrected chi connectivity index (χ0v) is 13.2. The largest absolute Gasteiger partial charge is 0.465 e. The average molecular weight is 311 g/mol. The fourth-order valence-corrected chi connectivity index (χ4v) is 4.10. The lowest BCUT2D eigenvalue weighted by Crippen LogP contribution is -2.38. The normalized spacial score (nSPS) is 22.8. The van der Waals surface area contributed by atoms with Crippen LogP contribution in [-0.4, -0.2) is 39.0 Å². The van der Waals surface area contributed by atoms with Gasteiger partial charge in [0.2, 0.25) is 0 Å². The smallest absolute Gasteiger partial charge is 0.337 e. The number of esters is 1. The predicted molar refractivity (Wildman–Crippen MR) is 81.0 cm³/mol. The highest BCUT2D eigenvalue weighted by Crippen LogP contribution is 2.27. The first-order chi connectivity index (χ1) is 9.97. The Labute approximate surface area is 125 Å². The standard InChI is InChI=1S/C15H21NO4S/c1-3-21(18,19)13-8-9-16-14(10-13)11-4-6-12(7-5-11)15(17)20-2/h4-7,13-14,16H,3,8-10H2,1-2H3/t13-,14-/m0/s1. The fraction of sp³-hybridized carbons (Fsp3) is 0.533. The van der Waals surface area contributed by atoms with Crippen LogP contribution < -0.4 is 5.32 Å². The van der Waals surface area contributed by atoms with Crippen LogP contribution in [0.25, 0.3) is 0 Å². The SMILES string of the molecule is CCS(=O)(=O)[C@H]1CCN[C@H](c2ccc(C(=O)OC)cc2)C1. The molecule has 1 aromatic carbocycles. The van der Waals surface area contributed by atoms with E-state index in [0.717, 1.165) is 5.56 Å². The van der Waals surface area contributed by atoms with Gasteiger partial charge in [0.25, 0.3) is 0 Å². The molecule has 2 rings (SSSR count). The van der Waals surface area contributed by atoms with Crippen LogP contribution in [0.5, 0.6) is 0 Å². The topological polar surface area (TPSA) is 72.5 Å². The van der Waals surface area contributed by atoms with Crippen LogP contribution in [0.3, 0.4) is 0 Å². The van der Waals surface area contributed by atoms with Crippen LogP contribution in [0.15, 0.2) is 24.3 Å². The van der Waals surface area contributed by atoms with Crippen LogP contribution >= 0.6 is 0 Å². The lowest BCUT2D eigenvalue weighted by atomic mass is 9.96. The van der Waals surface area contributed by atoms with E-state index in [0.29, 0.717) is 24.9 Å². The molecular weight excluding hydrogens is 290 g/mol. The Hall–Kier alpha value is -1.40. The van der Waals surface area contributed by atoms with Crippen molar-refractivity contribution in [2.75, 3.05) is 19.4 Å². The fourth-order valence-electron chi connectivity index (χ4n) is 2.67. The zero-order chi connectivity index (χ0) is 15.5. The van der Waals surface area contributed by atoms with E-state index in [-0.39, 0.29) is 23.0 Å². The number of ether oxygens (including phenoxy) is 1. The molecule has 1 aliphatic rings. The third-order valence-electron chi connectivity index (χ3n) is 4.00. The van der Waals surface area contributed by atoms with Gasteiger partial charge in [-0.05, 0) is 37.1 Å². The average Bonchev–Trinajstić information content (AvgIpc) is 2.54. The van der Waals surface area contributed by atoms with E-state index in [1.54, 1.807) is 19.1 Å². The molecule has 21 heavy (non-hydrogen) atoms. The number of piperidine rings is 1. The van der Waals surface area contributed by atoms with Crippen molar-refractivity contribution in [3.8, 4) is 0 Å². The summed E-state index contributed by atoms with van der Waals surface area (Å²) in [7, 11) is -1.66. The second-order valence-electron chi connectivity index (χ2n) is 5.22. The van der Waals surface area contributed by atoms with Crippen molar-refractivity contribution in [3.63, 3.8) is 0 Å². The van der Waals surface area contributed by atoms with Crippen molar-refractivity contribution in [1.82, 2.24) is 5.32 Å². The van der Waals surface area contributed by atoms with Gasteiger partial charge in [-0.1, -0.05) is 19.1 Å². The highest BCUT2D eigenvalue weighted by atomic mass is 32.2. The Bertz CT molecular complexity index is 595. The molecule has 0 amide bonds. The number of hydrogen-bond acceptors (Lipinski definition) is 5. The Balaban J connectivity index is 2.13. The second-order valence-corrected chi connectivity index (χ2v) is 7.79. The molecule has 1 aromatic rings. The monoisotopic (exact) mass is 311 g/mol. The van der Waals surface area contributed by atoms with E-state index in [1.165, 1.54) is 7.11 Å². The molecule has 0 radical (unpaired) electrons. The molecule has 1 heterocycles. The van der Waals surface area contributed by atoms with Crippen molar-refractivity contribution in [3.05, 3.63) is 35.4 Å². The summed E-state index contributed by atoms with van der Waals surface area (Å²) in [5.41, 5.74) is 1.49. The van der Waals surface area contributed by atoms with Gasteiger partial charge in [-0.3, -0.25) is 0 Å². The number of sulfone groups is 1. The van der Waals surface area contributed by atoms with Gasteiger partial charge in [0.15, 0.2) is 9.84 Å². The Morgan fingerprint density at radius 1 is 1.33 bits per heavy atom. The minimum absolute atomic E-state index is 0.0109. The van der Waals surface area contributed by atoms with Crippen LogP contribution in [0.4, 0.5) is 0 Å². The maximum absolute atomic E-state index is 12.0. The molecule has 0 unspecified atom stereocenters. The molecule has 0 saturated carbocycles. The molecule has 1 saturated heterocycles. The van der Waals surface area contributed by atoms with Crippen LogP contribution in [-0.2, 0) is 14.6 Å². The van der Waals surface area contributed by atoms with Gasteiger partial charge in [0, 0.05) is 11.8 Å². The van der Waals surface area contributed by atoms with Crippen LogP contribution in [0.1, 0.15) is 41.7 Å². The number of methoxy groups -OCH3 is 1. The molecule has 0 aromatic heterocycles. The van der Waals surface area contributed by atoms with Gasteiger partial charge >= 0.3 is 5.97 Å². The number of carbonyl (C=O) groups is 1. The number of benzene rings is 1. The maximum Gasteiger partial charge on any atom is 0.337 e. The number of hydrogen-bond donors (Lipinski definition) is 1. The van der Waals surface area contributed by atoms with E-state index in [1.807, 2.05) is 12.1 Å². The highest BCUT2D eigenvalue weighted by molar-refractivity contribution is 7.92. The van der Waals surface area contributed by atoms with Gasteiger partial charge in [-0.15, -0.1) is 0 Å². The predicted octanol–water partition coefficient (Wildman–Crippen LogP) is 1.70. The summed E-state index contributed by atoms with van der Waals surface area (Å²) in [4.78, 5) is 11.4. The van der Waals surface area contributed by atoms with Gasteiger partial charge in [0.1, 0.15) is 0 Å². The first kappa shape index (κ1) is 16.0. The van der Waals surface area contributed by atoms with Gasteiger partial charge in [-0.25, -0.2) is 13.2 Å². The van der Waals surface area contributed by atoms with E-state index in [9.17, 15) is 13.2 Å². The highest BCUT2D eigenvalue weighted by Gasteiger charge is 2.30. The first-order valence-electron chi connectivity index (χ1n) is 7.11. The Morgan fingerprint density at radius 2 is 2.00 bits per heavy atom. The summed E-state index contributed by atoms with van der Waals surface area (Å²) in [5, 5.41) is 3.06. The lowest BCUT2D eigenvalue weighted by molar-refractivity contribution is 0.0600. The van der Waals surface area contributed by atoms with Crippen molar-refractivity contribution < 1.29 is 17.9 Å². The summed E-state index contributed by atoms with van der Waals surface area (Å²) in [6.45, 7) is 2.38. The number of rotatable bonds is 4. The first-order valence-corrected chi connectivity index (χ1v) is 8.82. The molecule has 0 bridgehead atoms. The van der Waals surface area contributed by atoms with Crippen molar-refractivity contribution in [1.29, 1.82) is 0 Å². The molecule has 0 spiro atoms. The molecule has 1 aliphatic heterocycles. The van der Waals surface area contributed by atoms with E-state index < -0.39 is 9.84 Å². The minimum Gasteiger partial charge on any atom is -0.465 e. The summed E-state index contributed by atoms with van der Waals surface area (Å²) in [5.74, 6) is -0.185. The molecule has 1 fully saturated rings. The van der Waals surface area contributed by atoms with Gasteiger partial charge in [0.05, 0.1) is 17.9 Å². The molecule has 0 aliphatic carbocycles. The Kier molecular flexibility index (Phi) is 5.00. The zero-order valence-electron chi connectivity index (χ0n) is 12.3. The molecule has 116 valence electrons. The minimum atomic E-state index is -3.00. The van der Waals surface area contributed by atoms with Crippen molar-refractivity contribution >= 4 is 15.8 Å². The summed E-state index contributed by atoms with van der Waals surface area (Å²) < 4.78 is 28.7. The molecule has 6 heteroatoms. The number of carbonyl (C=O) groups excluding carboxylic acids is 1.